The highest BCUT2D eigenvalue weighted by atomic mass is 35.5. The Kier molecular flexibility index (Phi) is 7.73. The Bertz CT molecular complexity index is 885. The quantitative estimate of drug-likeness (QED) is 0.677. The average molecular weight is 430 g/mol. The van der Waals surface area contributed by atoms with E-state index in [1.165, 1.54) is 6.20 Å². The first-order valence-electron chi connectivity index (χ1n) is 8.50. The minimum Gasteiger partial charge on any atom is -0.611 e. The van der Waals surface area contributed by atoms with Crippen molar-refractivity contribution >= 4 is 46.0 Å². The van der Waals surface area contributed by atoms with Crippen LogP contribution in [0.1, 0.15) is 32.3 Å². The molecule has 146 valence electrons. The number of halogens is 2. The molecule has 1 amide bonds. The van der Waals surface area contributed by atoms with Gasteiger partial charge in [0.2, 0.25) is 5.91 Å². The van der Waals surface area contributed by atoms with Gasteiger partial charge in [-0.2, -0.15) is 5.10 Å². The van der Waals surface area contributed by atoms with Crippen LogP contribution in [0.3, 0.4) is 0 Å². The largest absolute Gasteiger partial charge is 0.611 e. The van der Waals surface area contributed by atoms with Crippen LogP contribution in [0.25, 0.3) is 0 Å². The molecule has 1 N–H and O–H groups in total. The molecule has 0 aliphatic carbocycles. The van der Waals surface area contributed by atoms with Crippen molar-refractivity contribution in [1.82, 2.24) is 9.78 Å². The minimum absolute atomic E-state index is 0.0328. The monoisotopic (exact) mass is 429 g/mol. The second kappa shape index (κ2) is 9.59. The third-order valence-corrected chi connectivity index (χ3v) is 7.03. The zero-order chi connectivity index (χ0) is 20.1. The van der Waals surface area contributed by atoms with Gasteiger partial charge >= 0.3 is 0 Å². The SMILES string of the molecule is CCC(CC)[S+]([O-])c1cc(NC(=O)Cn2ncc(Cl)c(Cl)c2=O)ccc1C. The number of hydrogen-bond donors (Lipinski definition) is 1. The van der Waals surface area contributed by atoms with Crippen molar-refractivity contribution in [2.24, 2.45) is 0 Å². The highest BCUT2D eigenvalue weighted by molar-refractivity contribution is 7.92. The van der Waals surface area contributed by atoms with Gasteiger partial charge in [-0.05, 0) is 37.0 Å². The lowest BCUT2D eigenvalue weighted by atomic mass is 10.2. The molecule has 6 nitrogen and oxygen atoms in total. The molecule has 0 saturated heterocycles. The number of anilines is 1. The van der Waals surface area contributed by atoms with Crippen molar-refractivity contribution in [1.29, 1.82) is 0 Å². The second-order valence-electron chi connectivity index (χ2n) is 6.03. The maximum Gasteiger partial charge on any atom is 0.287 e. The van der Waals surface area contributed by atoms with E-state index >= 15 is 0 Å². The van der Waals surface area contributed by atoms with Crippen molar-refractivity contribution in [2.75, 3.05) is 5.32 Å². The summed E-state index contributed by atoms with van der Waals surface area (Å²) in [6, 6.07) is 5.26. The molecule has 1 aromatic carbocycles. The van der Waals surface area contributed by atoms with Crippen LogP contribution in [0.2, 0.25) is 10.0 Å². The topological polar surface area (TPSA) is 87.0 Å². The highest BCUT2D eigenvalue weighted by Crippen LogP contribution is 2.26. The molecule has 9 heteroatoms. The van der Waals surface area contributed by atoms with E-state index in [9.17, 15) is 14.1 Å². The molecule has 0 fully saturated rings. The van der Waals surface area contributed by atoms with E-state index in [2.05, 4.69) is 10.4 Å². The van der Waals surface area contributed by atoms with E-state index in [0.29, 0.717) is 10.6 Å². The van der Waals surface area contributed by atoms with Gasteiger partial charge in [0.25, 0.3) is 5.56 Å². The lowest BCUT2D eigenvalue weighted by Crippen LogP contribution is -2.30. The van der Waals surface area contributed by atoms with Crippen molar-refractivity contribution in [2.45, 2.75) is 50.3 Å². The average Bonchev–Trinajstić information content (AvgIpc) is 2.64. The van der Waals surface area contributed by atoms with Gasteiger partial charge < -0.3 is 9.87 Å². The van der Waals surface area contributed by atoms with Gasteiger partial charge in [0.15, 0.2) is 4.90 Å². The highest BCUT2D eigenvalue weighted by Gasteiger charge is 2.23. The van der Waals surface area contributed by atoms with Crippen LogP contribution in [-0.4, -0.2) is 25.5 Å². The molecule has 2 rings (SSSR count). The van der Waals surface area contributed by atoms with Crippen molar-refractivity contribution < 1.29 is 9.35 Å². The van der Waals surface area contributed by atoms with E-state index in [1.54, 1.807) is 12.1 Å². The summed E-state index contributed by atoms with van der Waals surface area (Å²) in [5.41, 5.74) is 0.771. The molecule has 0 aliphatic heterocycles. The van der Waals surface area contributed by atoms with Crippen LogP contribution in [0.15, 0.2) is 34.1 Å². The third-order valence-electron chi connectivity index (χ3n) is 4.14. The number of aryl methyl sites for hydroxylation is 1. The Balaban J connectivity index is 2.18. The molecule has 1 heterocycles. The summed E-state index contributed by atoms with van der Waals surface area (Å²) in [6.45, 7) is 5.60. The van der Waals surface area contributed by atoms with Gasteiger partial charge in [-0.25, -0.2) is 4.68 Å². The number of nitrogens with zero attached hydrogens (tertiary/aromatic N) is 2. The van der Waals surface area contributed by atoms with Crippen LogP contribution < -0.4 is 10.9 Å². The molecule has 0 spiro atoms. The van der Waals surface area contributed by atoms with Gasteiger partial charge in [-0.1, -0.05) is 43.1 Å². The van der Waals surface area contributed by atoms with Crippen LogP contribution in [0.4, 0.5) is 5.69 Å². The summed E-state index contributed by atoms with van der Waals surface area (Å²) in [4.78, 5) is 25.0. The summed E-state index contributed by atoms with van der Waals surface area (Å²) in [6.07, 6.45) is 2.83. The smallest absolute Gasteiger partial charge is 0.287 e. The first-order chi connectivity index (χ1) is 12.8. The molecular weight excluding hydrogens is 409 g/mol. The molecule has 0 aliphatic rings. The lowest BCUT2D eigenvalue weighted by Gasteiger charge is -2.21. The number of carbonyl (C=O) groups excluding carboxylic acids is 1. The molecule has 27 heavy (non-hydrogen) atoms. The Labute approximate surface area is 171 Å². The number of amides is 1. The van der Waals surface area contributed by atoms with E-state index in [-0.39, 0.29) is 21.8 Å². The lowest BCUT2D eigenvalue weighted by molar-refractivity contribution is -0.117. The fourth-order valence-corrected chi connectivity index (χ4v) is 4.42. The van der Waals surface area contributed by atoms with E-state index in [4.69, 9.17) is 23.2 Å². The van der Waals surface area contributed by atoms with E-state index in [1.807, 2.05) is 26.8 Å². The molecule has 1 atom stereocenters. The maximum absolute atomic E-state index is 12.8. The van der Waals surface area contributed by atoms with Crippen LogP contribution in [-0.2, 0) is 22.5 Å². The maximum atomic E-state index is 12.8. The second-order valence-corrected chi connectivity index (χ2v) is 8.52. The van der Waals surface area contributed by atoms with Crippen LogP contribution in [0.5, 0.6) is 0 Å². The summed E-state index contributed by atoms with van der Waals surface area (Å²) in [7, 11) is 0. The van der Waals surface area contributed by atoms with E-state index < -0.39 is 22.6 Å². The Morgan fingerprint density at radius 3 is 2.63 bits per heavy atom. The van der Waals surface area contributed by atoms with Gasteiger partial charge in [0.05, 0.1) is 11.2 Å². The van der Waals surface area contributed by atoms with Gasteiger partial charge in [0.1, 0.15) is 16.8 Å². The molecular formula is C18H21Cl2N3O3S. The number of carbonyl (C=O) groups is 1. The fourth-order valence-electron chi connectivity index (χ4n) is 2.56. The first-order valence-corrected chi connectivity index (χ1v) is 10.5. The number of benzene rings is 1. The van der Waals surface area contributed by atoms with Crippen molar-refractivity contribution in [3.8, 4) is 0 Å². The summed E-state index contributed by atoms with van der Waals surface area (Å²) >= 11 is 10.4. The summed E-state index contributed by atoms with van der Waals surface area (Å²) in [5.74, 6) is -0.453. The molecule has 1 unspecified atom stereocenters. The van der Waals surface area contributed by atoms with Gasteiger partial charge in [-0.15, -0.1) is 0 Å². The number of nitrogens with one attached hydrogen (secondary N) is 1. The fraction of sp³-hybridized carbons (Fsp3) is 0.389. The Morgan fingerprint density at radius 2 is 2.00 bits per heavy atom. The molecule has 0 radical (unpaired) electrons. The Hall–Kier alpha value is -1.54. The standard InChI is InChI=1S/C18H21Cl2N3O3S/c1-4-13(5-2)27(26)15-8-12(7-6-11(15)3)22-16(24)10-23-18(25)17(20)14(19)9-21-23/h6-9,13H,4-5,10H2,1-3H3,(H,22,24). The number of rotatable bonds is 7. The number of aromatic nitrogens is 2. The van der Waals surface area contributed by atoms with Gasteiger partial charge in [-0.3, -0.25) is 9.59 Å². The van der Waals surface area contributed by atoms with E-state index in [0.717, 1.165) is 23.1 Å². The molecule has 0 bridgehead atoms. The summed E-state index contributed by atoms with van der Waals surface area (Å²) in [5, 5.41) is 6.42. The molecule has 2 aromatic rings. The zero-order valence-corrected chi connectivity index (χ0v) is 17.6. The first kappa shape index (κ1) is 21.8. The van der Waals surface area contributed by atoms with Crippen LogP contribution >= 0.6 is 23.2 Å². The third kappa shape index (κ3) is 5.25. The normalized spacial score (nSPS) is 12.3. The minimum atomic E-state index is -1.16. The summed E-state index contributed by atoms with van der Waals surface area (Å²) < 4.78 is 13.7. The number of hydrogen-bond acceptors (Lipinski definition) is 4. The molecule has 1 aromatic heterocycles. The predicted octanol–water partition coefficient (Wildman–Crippen LogP) is 3.79. The zero-order valence-electron chi connectivity index (χ0n) is 15.3. The van der Waals surface area contributed by atoms with Gasteiger partial charge in [0, 0.05) is 17.3 Å². The van der Waals surface area contributed by atoms with Crippen molar-refractivity contribution in [3.05, 3.63) is 50.4 Å². The molecule has 0 saturated carbocycles. The van der Waals surface area contributed by atoms with Crippen molar-refractivity contribution in [3.63, 3.8) is 0 Å². The van der Waals surface area contributed by atoms with Crippen LogP contribution in [0, 0.1) is 6.92 Å². The predicted molar refractivity (Wildman–Crippen MR) is 109 cm³/mol. The Morgan fingerprint density at radius 1 is 1.33 bits per heavy atom.